The van der Waals surface area contributed by atoms with Gasteiger partial charge in [0.15, 0.2) is 0 Å². The van der Waals surface area contributed by atoms with Gasteiger partial charge in [0.05, 0.1) is 50.0 Å². The van der Waals surface area contributed by atoms with Crippen LogP contribution in [-0.4, -0.2) is 74.5 Å². The number of aromatic amines is 2. The average Bonchev–Trinajstić information content (AvgIpc) is 4.10. The highest BCUT2D eigenvalue weighted by molar-refractivity contribution is 5.86. The number of fused-ring (bicyclic) bond motifs is 2. The highest BCUT2D eigenvalue weighted by Gasteiger charge is 2.52. The van der Waals surface area contributed by atoms with E-state index in [-0.39, 0.29) is 35.6 Å². The molecule has 57 heavy (non-hydrogen) atoms. The molecule has 2 saturated carbocycles. The molecule has 13 heteroatoms. The Hall–Kier alpha value is -5.98. The summed E-state index contributed by atoms with van der Waals surface area (Å²) in [4.78, 5) is 61.8. The van der Waals surface area contributed by atoms with E-state index >= 15 is 0 Å². The van der Waals surface area contributed by atoms with Gasteiger partial charge in [-0.2, -0.15) is 0 Å². The molecule has 1 saturated heterocycles. The van der Waals surface area contributed by atoms with Gasteiger partial charge in [-0.15, -0.1) is 0 Å². The van der Waals surface area contributed by atoms with Crippen molar-refractivity contribution in [3.63, 3.8) is 0 Å². The molecule has 4 N–H and O–H groups in total. The third kappa shape index (κ3) is 7.62. The molecule has 6 atom stereocenters. The molecule has 2 aliphatic carbocycles. The molecule has 3 aromatic heterocycles. The molecule has 3 unspecified atom stereocenters. The largest absolute Gasteiger partial charge is 0.481 e. The van der Waals surface area contributed by atoms with Crippen molar-refractivity contribution in [3.05, 3.63) is 96.5 Å². The first-order chi connectivity index (χ1) is 27.7. The van der Waals surface area contributed by atoms with E-state index in [9.17, 15) is 14.4 Å². The van der Waals surface area contributed by atoms with Gasteiger partial charge in [-0.25, -0.2) is 19.7 Å². The first-order valence-corrected chi connectivity index (χ1v) is 19.9. The molecule has 13 nitrogen and oxygen atoms in total. The molecule has 0 spiro atoms. The zero-order valence-corrected chi connectivity index (χ0v) is 32.8. The molecule has 0 radical (unpaired) electrons. The maximum absolute atomic E-state index is 13.7. The minimum Gasteiger partial charge on any atom is -0.481 e. The summed E-state index contributed by atoms with van der Waals surface area (Å²) in [6, 6.07) is 19.7. The summed E-state index contributed by atoms with van der Waals surface area (Å²) in [5, 5.41) is 5.87. The lowest BCUT2D eigenvalue weighted by Gasteiger charge is -2.30. The van der Waals surface area contributed by atoms with E-state index < -0.39 is 12.1 Å². The summed E-state index contributed by atoms with van der Waals surface area (Å²) < 4.78 is 10.1. The normalized spacial score (nSPS) is 21.8. The molecule has 3 amide bonds. The number of nitrogens with one attached hydrogen (secondary N) is 4. The topological polar surface area (TPSA) is 167 Å². The van der Waals surface area contributed by atoms with E-state index in [1.54, 1.807) is 13.3 Å². The summed E-state index contributed by atoms with van der Waals surface area (Å²) in [7, 11) is 2.89. The highest BCUT2D eigenvalue weighted by Crippen LogP contribution is 2.56. The van der Waals surface area contributed by atoms with Crippen molar-refractivity contribution < 1.29 is 23.9 Å². The van der Waals surface area contributed by atoms with Crippen LogP contribution in [0.2, 0.25) is 0 Å². The quantitative estimate of drug-likeness (QED) is 0.105. The number of rotatable bonds is 12. The van der Waals surface area contributed by atoms with E-state index in [1.165, 1.54) is 7.11 Å². The summed E-state index contributed by atoms with van der Waals surface area (Å²) >= 11 is 0. The fraction of sp³-hybridized carbons (Fsp3) is 0.409. The Morgan fingerprint density at radius 2 is 1.46 bits per heavy atom. The van der Waals surface area contributed by atoms with Crippen molar-refractivity contribution in [1.82, 2.24) is 40.5 Å². The second-order valence-corrected chi connectivity index (χ2v) is 15.8. The third-order valence-electron chi connectivity index (χ3n) is 12.2. The first-order valence-electron chi connectivity index (χ1n) is 19.9. The van der Waals surface area contributed by atoms with Gasteiger partial charge in [0.1, 0.15) is 17.7 Å². The van der Waals surface area contributed by atoms with Crippen molar-refractivity contribution >= 4 is 17.9 Å². The van der Waals surface area contributed by atoms with Crippen molar-refractivity contribution in [2.45, 2.75) is 70.5 Å². The van der Waals surface area contributed by atoms with Crippen molar-refractivity contribution in [2.75, 3.05) is 20.8 Å². The van der Waals surface area contributed by atoms with E-state index in [2.05, 4.69) is 79.1 Å². The smallest absolute Gasteiger partial charge is 0.407 e. The highest BCUT2D eigenvalue weighted by atomic mass is 16.5. The number of benzene rings is 2. The van der Waals surface area contributed by atoms with Gasteiger partial charge in [0, 0.05) is 30.8 Å². The summed E-state index contributed by atoms with van der Waals surface area (Å²) in [5.41, 5.74) is 6.87. The van der Waals surface area contributed by atoms with Crippen molar-refractivity contribution in [2.24, 2.45) is 23.7 Å². The Balaban J connectivity index is 0.916. The number of likely N-dealkylation sites (tertiary alicyclic amines) is 1. The van der Waals surface area contributed by atoms with Gasteiger partial charge in [0.2, 0.25) is 17.7 Å². The molecular weight excluding hydrogens is 721 g/mol. The van der Waals surface area contributed by atoms with Crippen LogP contribution < -0.4 is 15.4 Å². The van der Waals surface area contributed by atoms with Crippen LogP contribution >= 0.6 is 0 Å². The molecule has 3 fully saturated rings. The lowest BCUT2D eigenvalue weighted by Crippen LogP contribution is -2.51. The summed E-state index contributed by atoms with van der Waals surface area (Å²) in [6.07, 6.45) is 9.68. The van der Waals surface area contributed by atoms with Crippen LogP contribution in [0.4, 0.5) is 4.79 Å². The van der Waals surface area contributed by atoms with Gasteiger partial charge in [0.25, 0.3) is 0 Å². The number of methoxy groups -OCH3 is 2. The van der Waals surface area contributed by atoms with Crippen LogP contribution in [0.25, 0.3) is 33.6 Å². The minimum absolute atomic E-state index is 0.0594. The van der Waals surface area contributed by atoms with E-state index in [4.69, 9.17) is 14.5 Å². The van der Waals surface area contributed by atoms with Gasteiger partial charge >= 0.3 is 6.09 Å². The van der Waals surface area contributed by atoms with Crippen LogP contribution in [-0.2, 0) is 20.9 Å². The fourth-order valence-corrected chi connectivity index (χ4v) is 9.29. The number of aromatic nitrogens is 5. The number of carbonyl (C=O) groups is 3. The number of nitrogens with zero attached hydrogens (tertiary/aromatic N) is 4. The Morgan fingerprint density at radius 3 is 2.11 bits per heavy atom. The van der Waals surface area contributed by atoms with Crippen LogP contribution in [0.1, 0.15) is 75.1 Å². The van der Waals surface area contributed by atoms with Gasteiger partial charge in [-0.3, -0.25) is 9.59 Å². The lowest BCUT2D eigenvalue weighted by molar-refractivity contribution is -0.135. The number of hydrogen-bond acceptors (Lipinski definition) is 8. The third-order valence-corrected chi connectivity index (χ3v) is 12.2. The number of amides is 3. The van der Waals surface area contributed by atoms with E-state index in [0.717, 1.165) is 83.0 Å². The second kappa shape index (κ2) is 16.2. The van der Waals surface area contributed by atoms with Crippen molar-refractivity contribution in [1.29, 1.82) is 0 Å². The zero-order chi connectivity index (χ0) is 39.6. The number of H-pyrrole nitrogens is 2. The van der Waals surface area contributed by atoms with E-state index in [0.29, 0.717) is 30.8 Å². The monoisotopic (exact) mass is 770 g/mol. The van der Waals surface area contributed by atoms with Gasteiger partial charge < -0.3 is 35.0 Å². The number of imidazole rings is 2. The molecule has 2 bridgehead atoms. The molecule has 5 aromatic rings. The number of ether oxygens (including phenoxy) is 2. The SMILES string of the molecule is COC(=O)N[C@H](C(=O)N1CCC[C@H]1c1ncc(-c2ccc(-c3ccc(-c4cnc([C@@H]5C6CCC(C6)C5C(=O)NCc5cccnc5OC)[nH]4)cc3)cc2)[nH]1)C(C)C. The molecule has 3 aliphatic rings. The van der Waals surface area contributed by atoms with E-state index in [1.807, 2.05) is 43.3 Å². The number of pyridine rings is 1. The average molecular weight is 771 g/mol. The molecular formula is C44H50N8O5. The molecule has 4 heterocycles. The molecule has 296 valence electrons. The molecule has 2 aromatic carbocycles. The zero-order valence-electron chi connectivity index (χ0n) is 32.8. The predicted octanol–water partition coefficient (Wildman–Crippen LogP) is 7.03. The Kier molecular flexibility index (Phi) is 10.8. The second-order valence-electron chi connectivity index (χ2n) is 15.8. The maximum atomic E-state index is 13.7. The Bertz CT molecular complexity index is 2210. The Labute approximate surface area is 332 Å². The standard InChI is InChI=1S/C44H50N8O5/c1-25(2)38(51-44(55)57-4)43(54)52-20-6-8-35(52)39-46-23-33(49-39)28-13-9-26(10-14-28)27-11-15-29(16-12-27)34-24-47-40(50-34)36-30-17-18-31(21-30)37(36)41(53)48-22-32-7-5-19-45-42(32)56-3/h5,7,9-16,19,23-25,30-31,35-38H,6,8,17-18,20-22H2,1-4H3,(H,46,49)(H,47,50)(H,48,53)(H,51,55)/t30?,31?,35-,36+,37?,38-/m0/s1. The van der Waals surface area contributed by atoms with Crippen LogP contribution in [0, 0.1) is 23.7 Å². The minimum atomic E-state index is -0.680. The molecule has 8 rings (SSSR count). The lowest BCUT2D eigenvalue weighted by atomic mass is 9.78. The summed E-state index contributed by atoms with van der Waals surface area (Å²) in [5.74, 6) is 2.73. The van der Waals surface area contributed by atoms with Crippen LogP contribution in [0.3, 0.4) is 0 Å². The molecule has 1 aliphatic heterocycles. The number of carbonyl (C=O) groups excluding carboxylic acids is 3. The van der Waals surface area contributed by atoms with Crippen LogP contribution in [0.5, 0.6) is 5.88 Å². The number of alkyl carbamates (subject to hydrolysis) is 1. The maximum Gasteiger partial charge on any atom is 0.407 e. The van der Waals surface area contributed by atoms with Crippen LogP contribution in [0.15, 0.2) is 79.3 Å². The van der Waals surface area contributed by atoms with Crippen molar-refractivity contribution in [3.8, 4) is 39.5 Å². The Morgan fingerprint density at radius 1 is 0.825 bits per heavy atom. The summed E-state index contributed by atoms with van der Waals surface area (Å²) in [6.45, 7) is 4.79. The predicted molar refractivity (Wildman–Crippen MR) is 215 cm³/mol. The first kappa shape index (κ1) is 37.9. The fourth-order valence-electron chi connectivity index (χ4n) is 9.29. The number of hydrogen-bond donors (Lipinski definition) is 4. The van der Waals surface area contributed by atoms with Gasteiger partial charge in [-0.05, 0) is 78.2 Å². The van der Waals surface area contributed by atoms with Gasteiger partial charge in [-0.1, -0.05) is 68.4 Å².